The molecule has 0 aromatic carbocycles. The van der Waals surface area contributed by atoms with Gasteiger partial charge >= 0.3 is 0 Å². The van der Waals surface area contributed by atoms with Crippen molar-refractivity contribution in [3.63, 3.8) is 0 Å². The van der Waals surface area contributed by atoms with Crippen LogP contribution in [0, 0.1) is 5.92 Å². The Hall–Kier alpha value is -1.19. The SMILES string of the molecule is CCCn1c(C2CC2)c(N)c(=O)n1CC(C)C. The average molecular weight is 237 g/mol. The molecule has 0 unspecified atom stereocenters. The molecule has 0 radical (unpaired) electrons. The lowest BCUT2D eigenvalue weighted by Crippen LogP contribution is -2.26. The van der Waals surface area contributed by atoms with Gasteiger partial charge in [-0.25, -0.2) is 4.68 Å². The first-order valence-electron chi connectivity index (χ1n) is 6.65. The summed E-state index contributed by atoms with van der Waals surface area (Å²) in [5.74, 6) is 0.993. The number of nitrogens with zero attached hydrogens (tertiary/aromatic N) is 2. The van der Waals surface area contributed by atoms with Gasteiger partial charge in [-0.05, 0) is 25.2 Å². The van der Waals surface area contributed by atoms with Gasteiger partial charge in [0, 0.05) is 19.0 Å². The van der Waals surface area contributed by atoms with Crippen LogP contribution in [0.3, 0.4) is 0 Å². The maximum Gasteiger partial charge on any atom is 0.290 e. The summed E-state index contributed by atoms with van der Waals surface area (Å²) in [6.45, 7) is 8.04. The normalized spacial score (nSPS) is 15.8. The van der Waals surface area contributed by atoms with E-state index in [1.165, 1.54) is 12.8 Å². The molecule has 1 fully saturated rings. The number of rotatable bonds is 5. The first-order chi connectivity index (χ1) is 8.06. The highest BCUT2D eigenvalue weighted by atomic mass is 16.1. The van der Waals surface area contributed by atoms with Crippen LogP contribution in [0.1, 0.15) is 51.6 Å². The van der Waals surface area contributed by atoms with E-state index in [2.05, 4.69) is 25.5 Å². The first kappa shape index (κ1) is 12.3. The molecule has 96 valence electrons. The van der Waals surface area contributed by atoms with Crippen LogP contribution in [0.2, 0.25) is 0 Å². The second-order valence-corrected chi connectivity index (χ2v) is 5.48. The Morgan fingerprint density at radius 2 is 2.00 bits per heavy atom. The number of nitrogens with two attached hydrogens (primary N) is 1. The molecular formula is C13H23N3O. The van der Waals surface area contributed by atoms with Gasteiger partial charge in [0.2, 0.25) is 0 Å². The fourth-order valence-electron chi connectivity index (χ4n) is 2.40. The van der Waals surface area contributed by atoms with Crippen molar-refractivity contribution in [3.05, 3.63) is 16.0 Å². The molecule has 1 aromatic heterocycles. The Morgan fingerprint density at radius 1 is 1.35 bits per heavy atom. The molecular weight excluding hydrogens is 214 g/mol. The Morgan fingerprint density at radius 3 is 2.47 bits per heavy atom. The molecule has 1 aromatic rings. The van der Waals surface area contributed by atoms with Crippen LogP contribution in [-0.2, 0) is 13.1 Å². The zero-order valence-electron chi connectivity index (χ0n) is 11.1. The molecule has 0 aliphatic heterocycles. The van der Waals surface area contributed by atoms with Gasteiger partial charge in [0.25, 0.3) is 5.56 Å². The second-order valence-electron chi connectivity index (χ2n) is 5.48. The molecule has 0 atom stereocenters. The van der Waals surface area contributed by atoms with E-state index in [9.17, 15) is 4.79 Å². The number of hydrogen-bond acceptors (Lipinski definition) is 2. The third kappa shape index (κ3) is 2.26. The molecule has 0 spiro atoms. The molecule has 1 aliphatic rings. The smallest absolute Gasteiger partial charge is 0.290 e. The van der Waals surface area contributed by atoms with Gasteiger partial charge in [-0.1, -0.05) is 20.8 Å². The largest absolute Gasteiger partial charge is 0.393 e. The van der Waals surface area contributed by atoms with E-state index >= 15 is 0 Å². The number of hydrogen-bond donors (Lipinski definition) is 1. The van der Waals surface area contributed by atoms with Crippen molar-refractivity contribution in [2.75, 3.05) is 5.73 Å². The highest BCUT2D eigenvalue weighted by molar-refractivity contribution is 5.45. The third-order valence-electron chi connectivity index (χ3n) is 3.25. The van der Waals surface area contributed by atoms with E-state index < -0.39 is 0 Å². The van der Waals surface area contributed by atoms with Gasteiger partial charge in [0.1, 0.15) is 5.69 Å². The fourth-order valence-corrected chi connectivity index (χ4v) is 2.40. The molecule has 1 aliphatic carbocycles. The maximum atomic E-state index is 12.2. The van der Waals surface area contributed by atoms with Crippen molar-refractivity contribution in [2.45, 2.75) is 59.0 Å². The van der Waals surface area contributed by atoms with Crippen LogP contribution in [0.15, 0.2) is 4.79 Å². The molecule has 0 bridgehead atoms. The molecule has 4 heteroatoms. The molecule has 17 heavy (non-hydrogen) atoms. The molecule has 1 heterocycles. The van der Waals surface area contributed by atoms with Crippen LogP contribution in [0.25, 0.3) is 0 Å². The van der Waals surface area contributed by atoms with Crippen LogP contribution in [0.5, 0.6) is 0 Å². The lowest BCUT2D eigenvalue weighted by molar-refractivity contribution is 0.377. The number of anilines is 1. The molecule has 0 amide bonds. The topological polar surface area (TPSA) is 52.9 Å². The minimum Gasteiger partial charge on any atom is -0.393 e. The quantitative estimate of drug-likeness (QED) is 0.853. The monoisotopic (exact) mass is 237 g/mol. The van der Waals surface area contributed by atoms with Gasteiger partial charge in [-0.15, -0.1) is 0 Å². The number of aromatic nitrogens is 2. The van der Waals surface area contributed by atoms with Gasteiger partial charge in [-0.2, -0.15) is 0 Å². The zero-order chi connectivity index (χ0) is 12.6. The Kier molecular flexibility index (Phi) is 3.31. The van der Waals surface area contributed by atoms with Crippen molar-refractivity contribution >= 4 is 5.69 Å². The predicted molar refractivity (Wildman–Crippen MR) is 70.2 cm³/mol. The summed E-state index contributed by atoms with van der Waals surface area (Å²) < 4.78 is 3.98. The van der Waals surface area contributed by atoms with Gasteiger partial charge in [0.05, 0.1) is 5.69 Å². The lowest BCUT2D eigenvalue weighted by atomic mass is 10.2. The summed E-state index contributed by atoms with van der Waals surface area (Å²) in [5.41, 5.74) is 7.59. The van der Waals surface area contributed by atoms with Crippen molar-refractivity contribution < 1.29 is 0 Å². The number of nitrogen functional groups attached to an aromatic ring is 1. The molecule has 1 saturated carbocycles. The average Bonchev–Trinajstić information content (AvgIpc) is 3.05. The van der Waals surface area contributed by atoms with Gasteiger partial charge < -0.3 is 5.73 Å². The summed E-state index contributed by atoms with van der Waals surface area (Å²) in [6.07, 6.45) is 3.39. The first-order valence-corrected chi connectivity index (χ1v) is 6.65. The molecule has 2 N–H and O–H groups in total. The van der Waals surface area contributed by atoms with Gasteiger partial charge in [0.15, 0.2) is 0 Å². The van der Waals surface area contributed by atoms with E-state index in [0.717, 1.165) is 25.2 Å². The molecule has 2 rings (SSSR count). The molecule has 4 nitrogen and oxygen atoms in total. The summed E-state index contributed by atoms with van der Waals surface area (Å²) in [6, 6.07) is 0. The van der Waals surface area contributed by atoms with Crippen molar-refractivity contribution in [1.29, 1.82) is 0 Å². The van der Waals surface area contributed by atoms with Crippen molar-refractivity contribution in [1.82, 2.24) is 9.36 Å². The lowest BCUT2D eigenvalue weighted by Gasteiger charge is -2.15. The van der Waals surface area contributed by atoms with Crippen molar-refractivity contribution in [3.8, 4) is 0 Å². The summed E-state index contributed by atoms with van der Waals surface area (Å²) >= 11 is 0. The highest BCUT2D eigenvalue weighted by Gasteiger charge is 2.32. The van der Waals surface area contributed by atoms with E-state index in [0.29, 0.717) is 17.5 Å². The van der Waals surface area contributed by atoms with Crippen LogP contribution in [-0.4, -0.2) is 9.36 Å². The Balaban J connectivity index is 2.48. The maximum absolute atomic E-state index is 12.2. The summed E-state index contributed by atoms with van der Waals surface area (Å²) in [7, 11) is 0. The second kappa shape index (κ2) is 4.59. The summed E-state index contributed by atoms with van der Waals surface area (Å²) in [5, 5.41) is 0. The van der Waals surface area contributed by atoms with E-state index in [-0.39, 0.29) is 5.56 Å². The Bertz CT molecular complexity index is 452. The zero-order valence-corrected chi connectivity index (χ0v) is 11.1. The Labute approximate surface area is 102 Å². The van der Waals surface area contributed by atoms with E-state index in [1.54, 1.807) is 0 Å². The fraction of sp³-hybridized carbons (Fsp3) is 0.769. The molecule has 0 saturated heterocycles. The van der Waals surface area contributed by atoms with Crippen LogP contribution >= 0.6 is 0 Å². The predicted octanol–water partition coefficient (Wildman–Crippen LogP) is 2.18. The minimum atomic E-state index is 0.00838. The van der Waals surface area contributed by atoms with E-state index in [1.807, 2.05) is 4.68 Å². The van der Waals surface area contributed by atoms with Crippen LogP contribution in [0.4, 0.5) is 5.69 Å². The minimum absolute atomic E-state index is 0.00838. The standard InChI is InChI=1S/C13H23N3O/c1-4-7-15-12(10-5-6-10)11(14)13(17)16(15)8-9(2)3/h9-10H,4-8,14H2,1-3H3. The summed E-state index contributed by atoms with van der Waals surface area (Å²) in [4.78, 5) is 12.2. The van der Waals surface area contributed by atoms with Gasteiger partial charge in [-0.3, -0.25) is 9.48 Å². The highest BCUT2D eigenvalue weighted by Crippen LogP contribution is 2.42. The van der Waals surface area contributed by atoms with Crippen molar-refractivity contribution in [2.24, 2.45) is 5.92 Å². The van der Waals surface area contributed by atoms with E-state index in [4.69, 9.17) is 5.73 Å². The third-order valence-corrected chi connectivity index (χ3v) is 3.25. The van der Waals surface area contributed by atoms with Crippen LogP contribution < -0.4 is 11.3 Å².